The van der Waals surface area contributed by atoms with Crippen LogP contribution in [-0.2, 0) is 0 Å². The van der Waals surface area contributed by atoms with Gasteiger partial charge in [-0.1, -0.05) is 152 Å². The highest BCUT2D eigenvalue weighted by molar-refractivity contribution is 6.13. The van der Waals surface area contributed by atoms with Gasteiger partial charge >= 0.3 is 0 Å². The lowest BCUT2D eigenvalue weighted by molar-refractivity contribution is 0.666. The number of nitrogens with zero attached hydrogens (tertiary/aromatic N) is 2. The molecule has 0 aliphatic rings. The van der Waals surface area contributed by atoms with Crippen LogP contribution in [0.15, 0.2) is 223 Å². The molecule has 0 aliphatic carbocycles. The zero-order chi connectivity index (χ0) is 37.7. The smallest absolute Gasteiger partial charge is 0.159 e. The van der Waals surface area contributed by atoms with Crippen molar-refractivity contribution < 1.29 is 4.42 Å². The quantitative estimate of drug-likeness (QED) is 0.163. The third-order valence-corrected chi connectivity index (χ3v) is 11.2. The topological polar surface area (TPSA) is 21.3 Å². The molecule has 268 valence electrons. The number of fused-ring (bicyclic) bond motifs is 6. The summed E-state index contributed by atoms with van der Waals surface area (Å²) in [7, 11) is 0. The Labute approximate surface area is 330 Å². The van der Waals surface area contributed by atoms with E-state index >= 15 is 0 Å². The molecule has 9 aromatic carbocycles. The minimum Gasteiger partial charge on any atom is -0.454 e. The first-order chi connectivity index (χ1) is 28.3. The van der Waals surface area contributed by atoms with Gasteiger partial charge in [-0.25, -0.2) is 0 Å². The first kappa shape index (κ1) is 32.8. The molecular formula is C54H36N2O. The highest BCUT2D eigenvalue weighted by Gasteiger charge is 2.21. The second-order valence-corrected chi connectivity index (χ2v) is 14.6. The van der Waals surface area contributed by atoms with E-state index in [1.165, 1.54) is 33.0 Å². The second-order valence-electron chi connectivity index (χ2n) is 14.6. The molecule has 0 amide bonds. The monoisotopic (exact) mass is 728 g/mol. The summed E-state index contributed by atoms with van der Waals surface area (Å²) in [5, 5.41) is 4.63. The van der Waals surface area contributed by atoms with Crippen molar-refractivity contribution in [1.82, 2.24) is 4.57 Å². The molecule has 57 heavy (non-hydrogen) atoms. The summed E-state index contributed by atoms with van der Waals surface area (Å²) >= 11 is 0. The number of hydrogen-bond donors (Lipinski definition) is 0. The van der Waals surface area contributed by atoms with Crippen LogP contribution in [0.5, 0.6) is 0 Å². The summed E-state index contributed by atoms with van der Waals surface area (Å²) in [6.45, 7) is 0. The number of furan rings is 1. The maximum Gasteiger partial charge on any atom is 0.159 e. The maximum absolute atomic E-state index is 6.98. The molecule has 11 rings (SSSR count). The Kier molecular flexibility index (Phi) is 7.82. The van der Waals surface area contributed by atoms with Gasteiger partial charge in [-0.15, -0.1) is 0 Å². The Morgan fingerprint density at radius 3 is 1.40 bits per heavy atom. The molecule has 0 atom stereocenters. The van der Waals surface area contributed by atoms with E-state index in [-0.39, 0.29) is 0 Å². The number of para-hydroxylation sites is 3. The van der Waals surface area contributed by atoms with Gasteiger partial charge in [0.2, 0.25) is 0 Å². The fourth-order valence-corrected chi connectivity index (χ4v) is 8.48. The predicted molar refractivity (Wildman–Crippen MR) is 239 cm³/mol. The minimum absolute atomic E-state index is 0.837. The van der Waals surface area contributed by atoms with E-state index in [4.69, 9.17) is 4.42 Å². The summed E-state index contributed by atoms with van der Waals surface area (Å²) in [5.41, 5.74) is 15.2. The van der Waals surface area contributed by atoms with E-state index in [1.807, 2.05) is 0 Å². The van der Waals surface area contributed by atoms with E-state index in [1.54, 1.807) is 0 Å². The van der Waals surface area contributed by atoms with Crippen molar-refractivity contribution in [1.29, 1.82) is 0 Å². The van der Waals surface area contributed by atoms with Crippen LogP contribution in [0.1, 0.15) is 0 Å². The van der Waals surface area contributed by atoms with Gasteiger partial charge in [0.1, 0.15) is 5.58 Å². The van der Waals surface area contributed by atoms with Gasteiger partial charge in [0, 0.05) is 44.7 Å². The predicted octanol–water partition coefficient (Wildman–Crippen LogP) is 15.2. The van der Waals surface area contributed by atoms with Crippen molar-refractivity contribution in [3.63, 3.8) is 0 Å². The zero-order valence-electron chi connectivity index (χ0n) is 31.1. The van der Waals surface area contributed by atoms with Crippen LogP contribution < -0.4 is 4.90 Å². The van der Waals surface area contributed by atoms with Gasteiger partial charge in [0.05, 0.1) is 16.7 Å². The number of anilines is 3. The van der Waals surface area contributed by atoms with Crippen molar-refractivity contribution in [3.05, 3.63) is 218 Å². The lowest BCUT2D eigenvalue weighted by atomic mass is 9.97. The maximum atomic E-state index is 6.98. The molecule has 0 unspecified atom stereocenters. The largest absolute Gasteiger partial charge is 0.454 e. The van der Waals surface area contributed by atoms with Gasteiger partial charge in [0.25, 0.3) is 0 Å². The lowest BCUT2D eigenvalue weighted by Crippen LogP contribution is -2.10. The Balaban J connectivity index is 1.12. The number of rotatable bonds is 7. The molecule has 3 nitrogen and oxygen atoms in total. The molecule has 2 aromatic heterocycles. The summed E-state index contributed by atoms with van der Waals surface area (Å²) in [6.07, 6.45) is 0. The van der Waals surface area contributed by atoms with Crippen LogP contribution in [0.4, 0.5) is 17.1 Å². The van der Waals surface area contributed by atoms with Crippen LogP contribution in [-0.4, -0.2) is 4.57 Å². The van der Waals surface area contributed by atoms with Gasteiger partial charge in [-0.2, -0.15) is 0 Å². The molecule has 0 N–H and O–H groups in total. The third-order valence-electron chi connectivity index (χ3n) is 11.2. The molecule has 0 saturated heterocycles. The zero-order valence-corrected chi connectivity index (χ0v) is 31.1. The van der Waals surface area contributed by atoms with Crippen molar-refractivity contribution in [2.24, 2.45) is 0 Å². The lowest BCUT2D eigenvalue weighted by Gasteiger charge is -2.27. The molecule has 0 fully saturated rings. The van der Waals surface area contributed by atoms with Crippen molar-refractivity contribution in [2.45, 2.75) is 0 Å². The first-order valence-corrected chi connectivity index (χ1v) is 19.4. The molecule has 0 aliphatic heterocycles. The average molecular weight is 729 g/mol. The standard InChI is InChI=1S/C54H36N2O/c1-4-15-37(16-5-1)40-27-29-43(30-28-40)55(45-34-41(38-17-6-2-7-18-38)33-42(35-45)39-19-8-3-9-20-39)44-31-32-48-49-23-14-26-52(54(49)57-53(48)36-44)56-50-24-12-10-21-46(50)47-22-11-13-25-51(47)56/h1-36H. The molecule has 0 saturated carbocycles. The van der Waals surface area contributed by atoms with Crippen LogP contribution >= 0.6 is 0 Å². The van der Waals surface area contributed by atoms with E-state index in [9.17, 15) is 0 Å². The summed E-state index contributed by atoms with van der Waals surface area (Å²) < 4.78 is 9.33. The van der Waals surface area contributed by atoms with E-state index < -0.39 is 0 Å². The van der Waals surface area contributed by atoms with Crippen molar-refractivity contribution in [3.8, 4) is 39.1 Å². The van der Waals surface area contributed by atoms with Gasteiger partial charge in [0.15, 0.2) is 5.58 Å². The normalized spacial score (nSPS) is 11.5. The number of hydrogen-bond acceptors (Lipinski definition) is 2. The summed E-state index contributed by atoms with van der Waals surface area (Å²) in [6, 6.07) is 78.0. The third kappa shape index (κ3) is 5.68. The van der Waals surface area contributed by atoms with E-state index in [0.29, 0.717) is 0 Å². The Morgan fingerprint density at radius 2 is 0.807 bits per heavy atom. The van der Waals surface area contributed by atoms with Crippen LogP contribution in [0, 0.1) is 0 Å². The minimum atomic E-state index is 0.837. The molecule has 0 spiro atoms. The van der Waals surface area contributed by atoms with Crippen molar-refractivity contribution >= 4 is 60.8 Å². The molecular weight excluding hydrogens is 693 g/mol. The summed E-state index contributed by atoms with van der Waals surface area (Å²) in [5.74, 6) is 0. The highest BCUT2D eigenvalue weighted by Crippen LogP contribution is 2.43. The molecule has 0 radical (unpaired) electrons. The average Bonchev–Trinajstić information content (AvgIpc) is 3.83. The fourth-order valence-electron chi connectivity index (χ4n) is 8.48. The first-order valence-electron chi connectivity index (χ1n) is 19.4. The number of aromatic nitrogens is 1. The van der Waals surface area contributed by atoms with Gasteiger partial charge in [-0.05, 0) is 94.0 Å². The molecule has 11 aromatic rings. The molecule has 2 heterocycles. The van der Waals surface area contributed by atoms with Crippen LogP contribution in [0.3, 0.4) is 0 Å². The van der Waals surface area contributed by atoms with E-state index in [2.05, 4.69) is 228 Å². The van der Waals surface area contributed by atoms with E-state index in [0.717, 1.165) is 66.8 Å². The van der Waals surface area contributed by atoms with Crippen molar-refractivity contribution in [2.75, 3.05) is 4.90 Å². The number of benzene rings is 9. The Hall–Kier alpha value is -7.62. The van der Waals surface area contributed by atoms with Gasteiger partial charge < -0.3 is 13.9 Å². The van der Waals surface area contributed by atoms with Crippen LogP contribution in [0.2, 0.25) is 0 Å². The Morgan fingerprint density at radius 1 is 0.316 bits per heavy atom. The van der Waals surface area contributed by atoms with Crippen LogP contribution in [0.25, 0.3) is 82.8 Å². The van der Waals surface area contributed by atoms with Gasteiger partial charge in [-0.3, -0.25) is 0 Å². The molecule has 3 heteroatoms. The second kappa shape index (κ2) is 13.6. The highest BCUT2D eigenvalue weighted by atomic mass is 16.3. The fraction of sp³-hybridized carbons (Fsp3) is 0. The Bertz CT molecular complexity index is 3100. The SMILES string of the molecule is c1ccc(-c2ccc(N(c3cc(-c4ccccc4)cc(-c4ccccc4)c3)c3ccc4c(c3)oc3c(-n5c6ccccc6c6ccccc65)cccc34)cc2)cc1. The summed E-state index contributed by atoms with van der Waals surface area (Å²) in [4.78, 5) is 2.36. The molecule has 0 bridgehead atoms.